The SMILES string of the molecule is C=CCSc1nnc2n(C3CCCCC3)c3c4c(sc3c(=O)n12)CCCC4. The lowest BCUT2D eigenvalue weighted by molar-refractivity contribution is 0.362. The van der Waals surface area contributed by atoms with E-state index < -0.39 is 0 Å². The highest BCUT2D eigenvalue weighted by Crippen LogP contribution is 2.39. The van der Waals surface area contributed by atoms with Crippen LogP contribution in [0.5, 0.6) is 0 Å². The van der Waals surface area contributed by atoms with Crippen LogP contribution in [-0.4, -0.2) is 24.9 Å². The fourth-order valence-electron chi connectivity index (χ4n) is 4.66. The molecular formula is C20H24N4OS2. The summed E-state index contributed by atoms with van der Waals surface area (Å²) < 4.78 is 5.05. The van der Waals surface area contributed by atoms with Crippen molar-refractivity contribution < 1.29 is 0 Å². The van der Waals surface area contributed by atoms with Gasteiger partial charge in [0.15, 0.2) is 5.16 Å². The molecule has 2 aliphatic rings. The Labute approximate surface area is 166 Å². The van der Waals surface area contributed by atoms with Gasteiger partial charge in [0.25, 0.3) is 5.56 Å². The monoisotopic (exact) mass is 400 g/mol. The van der Waals surface area contributed by atoms with Crippen molar-refractivity contribution in [2.45, 2.75) is 69.0 Å². The van der Waals surface area contributed by atoms with Crippen molar-refractivity contribution >= 4 is 39.1 Å². The van der Waals surface area contributed by atoms with E-state index >= 15 is 0 Å². The smallest absolute Gasteiger partial charge is 0.279 e. The summed E-state index contributed by atoms with van der Waals surface area (Å²) in [6.07, 6.45) is 12.6. The molecule has 3 aromatic rings. The molecule has 5 rings (SSSR count). The van der Waals surface area contributed by atoms with Crippen molar-refractivity contribution in [1.82, 2.24) is 19.2 Å². The summed E-state index contributed by atoms with van der Waals surface area (Å²) in [4.78, 5) is 14.8. The highest BCUT2D eigenvalue weighted by Gasteiger charge is 2.28. The number of hydrogen-bond donors (Lipinski definition) is 0. The maximum absolute atomic E-state index is 13.4. The molecule has 0 bridgehead atoms. The van der Waals surface area contributed by atoms with E-state index in [1.54, 1.807) is 15.7 Å². The third-order valence-electron chi connectivity index (χ3n) is 5.88. The first-order chi connectivity index (χ1) is 13.3. The first-order valence-electron chi connectivity index (χ1n) is 9.97. The third-order valence-corrected chi connectivity index (χ3v) is 8.08. The molecule has 3 aromatic heterocycles. The number of aromatic nitrogens is 4. The quantitative estimate of drug-likeness (QED) is 0.468. The average Bonchev–Trinajstić information content (AvgIpc) is 3.30. The van der Waals surface area contributed by atoms with Crippen molar-refractivity contribution in [1.29, 1.82) is 0 Å². The van der Waals surface area contributed by atoms with Gasteiger partial charge in [-0.2, -0.15) is 0 Å². The van der Waals surface area contributed by atoms with Crippen molar-refractivity contribution in [3.05, 3.63) is 33.4 Å². The summed E-state index contributed by atoms with van der Waals surface area (Å²) in [5.74, 6) is 1.46. The van der Waals surface area contributed by atoms with Crippen LogP contribution in [0, 0.1) is 0 Å². The van der Waals surface area contributed by atoms with Gasteiger partial charge in [-0.05, 0) is 44.1 Å². The number of hydrogen-bond acceptors (Lipinski definition) is 5. The molecule has 1 saturated carbocycles. The number of aryl methyl sites for hydroxylation is 2. The summed E-state index contributed by atoms with van der Waals surface area (Å²) in [5.41, 5.74) is 2.64. The van der Waals surface area contributed by atoms with E-state index in [0.717, 1.165) is 29.1 Å². The molecular weight excluding hydrogens is 376 g/mol. The lowest BCUT2D eigenvalue weighted by atomic mass is 9.94. The summed E-state index contributed by atoms with van der Waals surface area (Å²) in [6.45, 7) is 3.79. The molecule has 0 saturated heterocycles. The Balaban J connectivity index is 1.84. The second-order valence-corrected chi connectivity index (χ2v) is 9.67. The summed E-state index contributed by atoms with van der Waals surface area (Å²) in [6, 6.07) is 0.423. The van der Waals surface area contributed by atoms with Gasteiger partial charge in [-0.3, -0.25) is 4.79 Å². The predicted octanol–water partition coefficient (Wildman–Crippen LogP) is 4.77. The molecule has 0 spiro atoms. The van der Waals surface area contributed by atoms with E-state index in [9.17, 15) is 4.79 Å². The van der Waals surface area contributed by atoms with Crippen molar-refractivity contribution in [3.63, 3.8) is 0 Å². The summed E-state index contributed by atoms with van der Waals surface area (Å²) in [7, 11) is 0. The van der Waals surface area contributed by atoms with Crippen molar-refractivity contribution in [3.8, 4) is 0 Å². The number of fused-ring (bicyclic) bond motifs is 4. The second-order valence-electron chi connectivity index (χ2n) is 7.57. The first-order valence-corrected chi connectivity index (χ1v) is 11.8. The van der Waals surface area contributed by atoms with Crippen LogP contribution >= 0.6 is 23.1 Å². The molecule has 0 radical (unpaired) electrons. The molecule has 142 valence electrons. The minimum atomic E-state index is 0.0584. The minimum absolute atomic E-state index is 0.0584. The molecule has 0 amide bonds. The number of thioether (sulfide) groups is 1. The summed E-state index contributed by atoms with van der Waals surface area (Å²) >= 11 is 3.25. The van der Waals surface area contributed by atoms with Crippen molar-refractivity contribution in [2.75, 3.05) is 5.75 Å². The van der Waals surface area contributed by atoms with Crippen LogP contribution in [0.3, 0.4) is 0 Å². The van der Waals surface area contributed by atoms with E-state index in [1.165, 1.54) is 72.7 Å². The average molecular weight is 401 g/mol. The standard InChI is InChI=1S/C20H24N4OS2/c1-2-12-26-20-22-21-19-23(13-8-4-3-5-9-13)16-14-10-6-7-11-15(14)27-17(16)18(25)24(19)20/h2,13H,1,3-12H2. The molecule has 7 heteroatoms. The molecule has 3 heterocycles. The topological polar surface area (TPSA) is 52.2 Å². The van der Waals surface area contributed by atoms with Crippen LogP contribution in [0.15, 0.2) is 22.6 Å². The molecule has 0 unspecified atom stereocenters. The zero-order chi connectivity index (χ0) is 18.4. The maximum atomic E-state index is 13.4. The molecule has 0 aliphatic heterocycles. The van der Waals surface area contributed by atoms with Gasteiger partial charge in [-0.25, -0.2) is 4.40 Å². The maximum Gasteiger partial charge on any atom is 0.279 e. The van der Waals surface area contributed by atoms with Gasteiger partial charge in [-0.1, -0.05) is 37.1 Å². The number of nitrogens with zero attached hydrogens (tertiary/aromatic N) is 4. The van der Waals surface area contributed by atoms with Crippen LogP contribution in [0.2, 0.25) is 0 Å². The van der Waals surface area contributed by atoms with E-state index in [-0.39, 0.29) is 5.56 Å². The van der Waals surface area contributed by atoms with Crippen LogP contribution in [0.4, 0.5) is 0 Å². The molecule has 2 aliphatic carbocycles. The predicted molar refractivity (Wildman–Crippen MR) is 112 cm³/mol. The third kappa shape index (κ3) is 2.78. The van der Waals surface area contributed by atoms with E-state index in [2.05, 4.69) is 21.3 Å². The zero-order valence-corrected chi connectivity index (χ0v) is 17.1. The number of thiophene rings is 1. The molecule has 1 fully saturated rings. The molecule has 0 N–H and O–H groups in total. The van der Waals surface area contributed by atoms with E-state index in [1.807, 2.05) is 6.08 Å². The molecule has 27 heavy (non-hydrogen) atoms. The Morgan fingerprint density at radius 3 is 2.78 bits per heavy atom. The van der Waals surface area contributed by atoms with Crippen LogP contribution in [-0.2, 0) is 12.8 Å². The highest BCUT2D eigenvalue weighted by atomic mass is 32.2. The largest absolute Gasteiger partial charge is 0.305 e. The minimum Gasteiger partial charge on any atom is -0.305 e. The van der Waals surface area contributed by atoms with E-state index in [0.29, 0.717) is 11.2 Å². The highest BCUT2D eigenvalue weighted by molar-refractivity contribution is 7.99. The lowest BCUT2D eigenvalue weighted by Gasteiger charge is -2.26. The first kappa shape index (κ1) is 17.5. The van der Waals surface area contributed by atoms with Gasteiger partial charge in [0.1, 0.15) is 4.70 Å². The van der Waals surface area contributed by atoms with Crippen LogP contribution < -0.4 is 5.56 Å². The Bertz CT molecular complexity index is 1070. The number of rotatable bonds is 4. The fourth-order valence-corrected chi connectivity index (χ4v) is 6.63. The van der Waals surface area contributed by atoms with Crippen LogP contribution in [0.25, 0.3) is 16.0 Å². The second kappa shape index (κ2) is 7.09. The fraction of sp³-hybridized carbons (Fsp3) is 0.550. The van der Waals surface area contributed by atoms with E-state index in [4.69, 9.17) is 0 Å². The van der Waals surface area contributed by atoms with Gasteiger partial charge in [0.2, 0.25) is 5.78 Å². The van der Waals surface area contributed by atoms with Gasteiger partial charge < -0.3 is 4.57 Å². The molecule has 5 nitrogen and oxygen atoms in total. The normalized spacial score (nSPS) is 18.2. The lowest BCUT2D eigenvalue weighted by Crippen LogP contribution is -2.23. The Kier molecular flexibility index (Phi) is 4.60. The van der Waals surface area contributed by atoms with Crippen LogP contribution in [0.1, 0.15) is 61.4 Å². The molecule has 0 atom stereocenters. The Hall–Kier alpha value is -1.60. The Morgan fingerprint density at radius 1 is 1.15 bits per heavy atom. The zero-order valence-electron chi connectivity index (χ0n) is 15.4. The van der Waals surface area contributed by atoms with Gasteiger partial charge in [-0.15, -0.1) is 28.1 Å². The van der Waals surface area contributed by atoms with Crippen molar-refractivity contribution in [2.24, 2.45) is 0 Å². The van der Waals surface area contributed by atoms with Gasteiger partial charge >= 0.3 is 0 Å². The Morgan fingerprint density at radius 2 is 1.96 bits per heavy atom. The molecule has 0 aromatic carbocycles. The van der Waals surface area contributed by atoms with Gasteiger partial charge in [0, 0.05) is 16.7 Å². The summed E-state index contributed by atoms with van der Waals surface area (Å²) in [5, 5.41) is 9.58. The van der Waals surface area contributed by atoms with Gasteiger partial charge in [0.05, 0.1) is 5.52 Å².